The van der Waals surface area contributed by atoms with Gasteiger partial charge in [0, 0.05) is 6.07 Å². The van der Waals surface area contributed by atoms with Crippen molar-refractivity contribution >= 4 is 27.6 Å². The van der Waals surface area contributed by atoms with E-state index in [0.29, 0.717) is 10.0 Å². The Labute approximate surface area is 128 Å². The maximum Gasteiger partial charge on any atom is 0.312 e. The van der Waals surface area contributed by atoms with Crippen molar-refractivity contribution in [2.75, 3.05) is 5.43 Å². The molecule has 110 valence electrons. The van der Waals surface area contributed by atoms with E-state index in [4.69, 9.17) is 10.6 Å². The highest BCUT2D eigenvalue weighted by atomic mass is 79.9. The standard InChI is InChI=1S/C12H12BrN5O3/c1-6-3-7(2)10(9(4-6)18(19)20)21-11-8(13)5-15-12(16-11)17-14/h3-5H,14H2,1-2H3,(H,15,16,17). The minimum atomic E-state index is -0.494. The zero-order chi connectivity index (χ0) is 15.6. The number of aryl methyl sites for hydroxylation is 2. The van der Waals surface area contributed by atoms with Crippen LogP contribution in [0.4, 0.5) is 11.6 Å². The second-order valence-corrected chi connectivity index (χ2v) is 5.13. The monoisotopic (exact) mass is 353 g/mol. The predicted octanol–water partition coefficient (Wildman–Crippen LogP) is 2.84. The number of nitro benzene ring substituents is 1. The molecule has 8 nitrogen and oxygen atoms in total. The molecule has 0 unspecified atom stereocenters. The molecule has 0 spiro atoms. The summed E-state index contributed by atoms with van der Waals surface area (Å²) in [5.41, 5.74) is 3.57. The number of nitro groups is 1. The topological polar surface area (TPSA) is 116 Å². The second kappa shape index (κ2) is 6.02. The van der Waals surface area contributed by atoms with E-state index in [0.717, 1.165) is 5.56 Å². The van der Waals surface area contributed by atoms with Crippen molar-refractivity contribution in [3.63, 3.8) is 0 Å². The summed E-state index contributed by atoms with van der Waals surface area (Å²) in [5, 5.41) is 11.2. The number of anilines is 1. The lowest BCUT2D eigenvalue weighted by molar-refractivity contribution is -0.385. The molecular formula is C12H12BrN5O3. The first-order valence-electron chi connectivity index (χ1n) is 5.85. The van der Waals surface area contributed by atoms with Crippen LogP contribution in [0.2, 0.25) is 0 Å². The number of hydrogen-bond acceptors (Lipinski definition) is 7. The first-order chi connectivity index (χ1) is 9.92. The third-order valence-corrected chi connectivity index (χ3v) is 3.18. The molecule has 0 amide bonds. The van der Waals surface area contributed by atoms with Gasteiger partial charge in [-0.1, -0.05) is 6.07 Å². The van der Waals surface area contributed by atoms with E-state index in [2.05, 4.69) is 31.3 Å². The molecule has 9 heteroatoms. The molecule has 0 aliphatic heterocycles. The number of nitrogen functional groups attached to an aromatic ring is 1. The first kappa shape index (κ1) is 15.1. The van der Waals surface area contributed by atoms with Gasteiger partial charge in [-0.15, -0.1) is 0 Å². The maximum atomic E-state index is 11.2. The van der Waals surface area contributed by atoms with Gasteiger partial charge in [-0.2, -0.15) is 4.98 Å². The molecule has 21 heavy (non-hydrogen) atoms. The maximum absolute atomic E-state index is 11.2. The Morgan fingerprint density at radius 1 is 1.43 bits per heavy atom. The van der Waals surface area contributed by atoms with E-state index >= 15 is 0 Å². The number of aromatic nitrogens is 2. The summed E-state index contributed by atoms with van der Waals surface area (Å²) in [6.45, 7) is 3.51. The summed E-state index contributed by atoms with van der Waals surface area (Å²) in [6.07, 6.45) is 1.44. The predicted molar refractivity (Wildman–Crippen MR) is 80.2 cm³/mol. The SMILES string of the molecule is Cc1cc(C)c(Oc2nc(NN)ncc2Br)c([N+](=O)[O-])c1. The number of nitrogens with zero attached hydrogens (tertiary/aromatic N) is 3. The Bertz CT molecular complexity index is 708. The van der Waals surface area contributed by atoms with Crippen molar-refractivity contribution in [1.29, 1.82) is 0 Å². The van der Waals surface area contributed by atoms with Gasteiger partial charge in [0.25, 0.3) is 0 Å². The summed E-state index contributed by atoms with van der Waals surface area (Å²) in [4.78, 5) is 18.6. The van der Waals surface area contributed by atoms with E-state index in [1.807, 2.05) is 0 Å². The highest BCUT2D eigenvalue weighted by Gasteiger charge is 2.21. The number of halogens is 1. The van der Waals surface area contributed by atoms with Gasteiger partial charge in [-0.05, 0) is 40.9 Å². The molecule has 1 heterocycles. The molecule has 0 aliphatic rings. The summed E-state index contributed by atoms with van der Waals surface area (Å²) in [7, 11) is 0. The van der Waals surface area contributed by atoms with E-state index in [1.165, 1.54) is 12.3 Å². The molecule has 0 aliphatic carbocycles. The van der Waals surface area contributed by atoms with Crippen LogP contribution in [0, 0.1) is 24.0 Å². The number of nitrogens with one attached hydrogen (secondary N) is 1. The zero-order valence-corrected chi connectivity index (χ0v) is 12.8. The minimum absolute atomic E-state index is 0.125. The average Bonchev–Trinajstić information content (AvgIpc) is 2.43. The lowest BCUT2D eigenvalue weighted by atomic mass is 10.1. The van der Waals surface area contributed by atoms with Crippen LogP contribution in [0.15, 0.2) is 22.8 Å². The largest absolute Gasteiger partial charge is 0.430 e. The van der Waals surface area contributed by atoms with Gasteiger partial charge < -0.3 is 4.74 Å². The van der Waals surface area contributed by atoms with E-state index in [1.54, 1.807) is 19.9 Å². The normalized spacial score (nSPS) is 10.3. The van der Waals surface area contributed by atoms with E-state index in [9.17, 15) is 10.1 Å². The Morgan fingerprint density at radius 2 is 2.14 bits per heavy atom. The van der Waals surface area contributed by atoms with Gasteiger partial charge >= 0.3 is 5.69 Å². The smallest absolute Gasteiger partial charge is 0.312 e. The Morgan fingerprint density at radius 3 is 2.76 bits per heavy atom. The van der Waals surface area contributed by atoms with Gasteiger partial charge in [-0.25, -0.2) is 10.8 Å². The lowest BCUT2D eigenvalue weighted by Gasteiger charge is -2.11. The lowest BCUT2D eigenvalue weighted by Crippen LogP contribution is -2.10. The number of hydrazine groups is 1. The molecule has 0 atom stereocenters. The van der Waals surface area contributed by atoms with Crippen molar-refractivity contribution in [3.05, 3.63) is 44.0 Å². The van der Waals surface area contributed by atoms with Crippen LogP contribution in [0.3, 0.4) is 0 Å². The van der Waals surface area contributed by atoms with Crippen molar-refractivity contribution in [2.24, 2.45) is 5.84 Å². The summed E-state index contributed by atoms with van der Waals surface area (Å²) < 4.78 is 6.05. The molecule has 1 aromatic heterocycles. The highest BCUT2D eigenvalue weighted by molar-refractivity contribution is 9.10. The fraction of sp³-hybridized carbons (Fsp3) is 0.167. The average molecular weight is 354 g/mol. The molecule has 2 aromatic rings. The number of rotatable bonds is 4. The van der Waals surface area contributed by atoms with Crippen molar-refractivity contribution in [2.45, 2.75) is 13.8 Å². The Hall–Kier alpha value is -2.26. The second-order valence-electron chi connectivity index (χ2n) is 4.28. The quantitative estimate of drug-likeness (QED) is 0.493. The third-order valence-electron chi connectivity index (χ3n) is 2.64. The van der Waals surface area contributed by atoms with Gasteiger partial charge in [0.2, 0.25) is 17.6 Å². The van der Waals surface area contributed by atoms with Crippen molar-refractivity contribution in [3.8, 4) is 11.6 Å². The fourth-order valence-electron chi connectivity index (χ4n) is 1.79. The van der Waals surface area contributed by atoms with E-state index < -0.39 is 4.92 Å². The Balaban J connectivity index is 2.51. The summed E-state index contributed by atoms with van der Waals surface area (Å²) in [5.74, 6) is 5.64. The van der Waals surface area contributed by atoms with Gasteiger partial charge in [0.15, 0.2) is 0 Å². The summed E-state index contributed by atoms with van der Waals surface area (Å²) in [6, 6.07) is 3.24. The molecule has 1 aromatic carbocycles. The van der Waals surface area contributed by atoms with Gasteiger partial charge in [0.05, 0.1) is 15.6 Å². The van der Waals surface area contributed by atoms with Crippen LogP contribution in [0.5, 0.6) is 11.6 Å². The number of hydrogen-bond donors (Lipinski definition) is 2. The fourth-order valence-corrected chi connectivity index (χ4v) is 2.06. The van der Waals surface area contributed by atoms with E-state index in [-0.39, 0.29) is 23.3 Å². The molecule has 0 saturated heterocycles. The van der Waals surface area contributed by atoms with Crippen molar-refractivity contribution < 1.29 is 9.66 Å². The first-order valence-corrected chi connectivity index (χ1v) is 6.64. The van der Waals surface area contributed by atoms with Crippen LogP contribution in [0.25, 0.3) is 0 Å². The third kappa shape index (κ3) is 3.26. The molecular weight excluding hydrogens is 342 g/mol. The van der Waals surface area contributed by atoms with Crippen LogP contribution in [0.1, 0.15) is 11.1 Å². The van der Waals surface area contributed by atoms with Crippen LogP contribution < -0.4 is 16.0 Å². The van der Waals surface area contributed by atoms with Crippen LogP contribution in [-0.4, -0.2) is 14.9 Å². The molecule has 0 radical (unpaired) electrons. The molecule has 0 saturated carbocycles. The van der Waals surface area contributed by atoms with Gasteiger partial charge in [-0.3, -0.25) is 15.5 Å². The highest BCUT2D eigenvalue weighted by Crippen LogP contribution is 2.37. The molecule has 0 fully saturated rings. The minimum Gasteiger partial charge on any atom is -0.430 e. The zero-order valence-electron chi connectivity index (χ0n) is 11.3. The molecule has 3 N–H and O–H groups in total. The van der Waals surface area contributed by atoms with Crippen molar-refractivity contribution in [1.82, 2.24) is 9.97 Å². The number of nitrogens with two attached hydrogens (primary N) is 1. The van der Waals surface area contributed by atoms with Crippen LogP contribution >= 0.6 is 15.9 Å². The number of ether oxygens (including phenoxy) is 1. The number of benzene rings is 1. The molecule has 2 rings (SSSR count). The molecule has 0 bridgehead atoms. The summed E-state index contributed by atoms with van der Waals surface area (Å²) >= 11 is 3.23. The van der Waals surface area contributed by atoms with Gasteiger partial charge in [0.1, 0.15) is 0 Å². The van der Waals surface area contributed by atoms with Crippen LogP contribution in [-0.2, 0) is 0 Å². The Kier molecular flexibility index (Phi) is 4.34.